The first-order chi connectivity index (χ1) is 14.1. The number of para-hydroxylation sites is 1. The monoisotopic (exact) mass is 384 g/mol. The summed E-state index contributed by atoms with van der Waals surface area (Å²) in [5.74, 6) is -0.904. The number of rotatable bonds is 6. The number of fused-ring (bicyclic) bond motifs is 3. The van der Waals surface area contributed by atoms with E-state index in [4.69, 9.17) is 5.11 Å². The second-order valence-corrected chi connectivity index (χ2v) is 7.26. The molecule has 0 unspecified atom stereocenters. The van der Waals surface area contributed by atoms with E-state index in [2.05, 4.69) is 72.3 Å². The minimum absolute atomic E-state index is 0.303. The summed E-state index contributed by atoms with van der Waals surface area (Å²) in [6.07, 6.45) is 2.07. The zero-order valence-corrected chi connectivity index (χ0v) is 16.6. The van der Waals surface area contributed by atoms with Gasteiger partial charge < -0.3 is 15.0 Å². The molecule has 0 aliphatic carbocycles. The minimum atomic E-state index is -0.904. The fourth-order valence-corrected chi connectivity index (χ4v) is 3.80. The van der Waals surface area contributed by atoms with Crippen LogP contribution in [-0.2, 0) is 6.54 Å². The van der Waals surface area contributed by atoms with Crippen molar-refractivity contribution in [3.63, 3.8) is 0 Å². The molecular formula is C25H24N2O2. The summed E-state index contributed by atoms with van der Waals surface area (Å²) >= 11 is 0. The lowest BCUT2D eigenvalue weighted by Crippen LogP contribution is -2.03. The predicted molar refractivity (Wildman–Crippen MR) is 121 cm³/mol. The van der Waals surface area contributed by atoms with Crippen LogP contribution in [0.3, 0.4) is 0 Å². The molecule has 3 aromatic carbocycles. The number of hydrogen-bond donors (Lipinski definition) is 2. The number of carboxylic acid groups (broad SMARTS) is 1. The van der Waals surface area contributed by atoms with E-state index in [0.29, 0.717) is 5.56 Å². The average molecular weight is 384 g/mol. The standard InChI is InChI=1S/C25H24N2O2/c1-3-27-23-7-5-4-6-21(23)22-13-12-20(15-24(22)27)26-16-17(2)14-18-8-10-19(11-9-18)25(28)29/h4-15,26H,3,16H2,1-2H3,(H,28,29). The molecule has 0 atom stereocenters. The molecule has 1 aromatic heterocycles. The highest BCUT2D eigenvalue weighted by molar-refractivity contribution is 6.08. The number of hydrogen-bond acceptors (Lipinski definition) is 2. The Kier molecular flexibility index (Phi) is 5.09. The van der Waals surface area contributed by atoms with Crippen LogP contribution in [0.25, 0.3) is 27.9 Å². The molecule has 0 saturated heterocycles. The topological polar surface area (TPSA) is 54.3 Å². The van der Waals surface area contributed by atoms with Gasteiger partial charge in [0.05, 0.1) is 11.1 Å². The van der Waals surface area contributed by atoms with Crippen LogP contribution in [0.4, 0.5) is 5.69 Å². The fraction of sp³-hybridized carbons (Fsp3) is 0.160. The van der Waals surface area contributed by atoms with Crippen molar-refractivity contribution >= 4 is 39.5 Å². The summed E-state index contributed by atoms with van der Waals surface area (Å²) in [6.45, 7) is 5.89. The molecule has 0 radical (unpaired) electrons. The van der Waals surface area contributed by atoms with E-state index in [1.54, 1.807) is 12.1 Å². The van der Waals surface area contributed by atoms with Gasteiger partial charge in [-0.15, -0.1) is 0 Å². The van der Waals surface area contributed by atoms with Crippen LogP contribution < -0.4 is 5.32 Å². The summed E-state index contributed by atoms with van der Waals surface area (Å²) in [4.78, 5) is 11.0. The number of benzene rings is 3. The Morgan fingerprint density at radius 1 is 1.00 bits per heavy atom. The molecule has 4 aromatic rings. The van der Waals surface area contributed by atoms with E-state index >= 15 is 0 Å². The minimum Gasteiger partial charge on any atom is -0.478 e. The van der Waals surface area contributed by atoms with Gasteiger partial charge in [0, 0.05) is 35.1 Å². The van der Waals surface area contributed by atoms with Crippen molar-refractivity contribution in [1.29, 1.82) is 0 Å². The largest absolute Gasteiger partial charge is 0.478 e. The maximum Gasteiger partial charge on any atom is 0.335 e. The number of carbonyl (C=O) groups is 1. The van der Waals surface area contributed by atoms with Gasteiger partial charge in [-0.3, -0.25) is 0 Å². The summed E-state index contributed by atoms with van der Waals surface area (Å²) < 4.78 is 2.35. The Balaban J connectivity index is 1.55. The first kappa shape index (κ1) is 18.8. The SMILES string of the molecule is CCn1c2ccccc2c2ccc(NCC(C)=Cc3ccc(C(=O)O)cc3)cc21. The summed E-state index contributed by atoms with van der Waals surface area (Å²) in [5.41, 5.74) is 6.06. The Labute approximate surface area is 170 Å². The molecule has 0 bridgehead atoms. The Hall–Kier alpha value is -3.53. The summed E-state index contributed by atoms with van der Waals surface area (Å²) in [6, 6.07) is 22.0. The molecule has 146 valence electrons. The summed E-state index contributed by atoms with van der Waals surface area (Å²) in [7, 11) is 0. The normalized spacial score (nSPS) is 11.9. The van der Waals surface area contributed by atoms with Gasteiger partial charge in [-0.1, -0.05) is 48.0 Å². The molecule has 2 N–H and O–H groups in total. The van der Waals surface area contributed by atoms with Gasteiger partial charge in [0.25, 0.3) is 0 Å². The number of anilines is 1. The Morgan fingerprint density at radius 2 is 1.72 bits per heavy atom. The lowest BCUT2D eigenvalue weighted by atomic mass is 10.1. The van der Waals surface area contributed by atoms with Crippen LogP contribution in [0.5, 0.6) is 0 Å². The van der Waals surface area contributed by atoms with Crippen molar-refractivity contribution in [2.45, 2.75) is 20.4 Å². The molecule has 0 fully saturated rings. The van der Waals surface area contributed by atoms with E-state index in [1.165, 1.54) is 27.4 Å². The Morgan fingerprint density at radius 3 is 2.45 bits per heavy atom. The number of nitrogens with one attached hydrogen (secondary N) is 1. The van der Waals surface area contributed by atoms with Crippen LogP contribution in [0, 0.1) is 0 Å². The van der Waals surface area contributed by atoms with Crippen LogP contribution in [0.1, 0.15) is 29.8 Å². The maximum absolute atomic E-state index is 11.0. The number of aromatic nitrogens is 1. The Bertz CT molecular complexity index is 1220. The zero-order chi connectivity index (χ0) is 20.4. The molecule has 4 nitrogen and oxygen atoms in total. The molecule has 0 spiro atoms. The van der Waals surface area contributed by atoms with Crippen molar-refractivity contribution in [3.05, 3.63) is 83.4 Å². The first-order valence-corrected chi connectivity index (χ1v) is 9.82. The second-order valence-electron chi connectivity index (χ2n) is 7.26. The first-order valence-electron chi connectivity index (χ1n) is 9.82. The fourth-order valence-electron chi connectivity index (χ4n) is 3.80. The molecule has 4 heteroatoms. The molecule has 0 amide bonds. The highest BCUT2D eigenvalue weighted by Crippen LogP contribution is 2.30. The highest BCUT2D eigenvalue weighted by atomic mass is 16.4. The smallest absolute Gasteiger partial charge is 0.335 e. The van der Waals surface area contributed by atoms with Crippen molar-refractivity contribution in [3.8, 4) is 0 Å². The summed E-state index contributed by atoms with van der Waals surface area (Å²) in [5, 5.41) is 15.1. The van der Waals surface area contributed by atoms with Crippen LogP contribution in [0.2, 0.25) is 0 Å². The zero-order valence-electron chi connectivity index (χ0n) is 16.6. The molecular weight excluding hydrogens is 360 g/mol. The van der Waals surface area contributed by atoms with Crippen LogP contribution in [0.15, 0.2) is 72.3 Å². The van der Waals surface area contributed by atoms with E-state index in [9.17, 15) is 4.79 Å². The third-order valence-electron chi connectivity index (χ3n) is 5.23. The quantitative estimate of drug-likeness (QED) is 0.427. The highest BCUT2D eigenvalue weighted by Gasteiger charge is 2.09. The van der Waals surface area contributed by atoms with E-state index < -0.39 is 5.97 Å². The van der Waals surface area contributed by atoms with E-state index in [-0.39, 0.29) is 0 Å². The van der Waals surface area contributed by atoms with Crippen LogP contribution >= 0.6 is 0 Å². The van der Waals surface area contributed by atoms with Crippen molar-refractivity contribution in [2.24, 2.45) is 0 Å². The van der Waals surface area contributed by atoms with Gasteiger partial charge >= 0.3 is 5.97 Å². The van der Waals surface area contributed by atoms with Crippen LogP contribution in [-0.4, -0.2) is 22.2 Å². The third kappa shape index (κ3) is 3.74. The number of aromatic carboxylic acids is 1. The van der Waals surface area contributed by atoms with Crippen molar-refractivity contribution in [1.82, 2.24) is 4.57 Å². The molecule has 4 rings (SSSR count). The number of aryl methyl sites for hydroxylation is 1. The van der Waals surface area contributed by atoms with Gasteiger partial charge in [-0.05, 0) is 49.7 Å². The number of carboxylic acids is 1. The lowest BCUT2D eigenvalue weighted by Gasteiger charge is -2.09. The maximum atomic E-state index is 11.0. The third-order valence-corrected chi connectivity index (χ3v) is 5.23. The van der Waals surface area contributed by atoms with Crippen molar-refractivity contribution in [2.75, 3.05) is 11.9 Å². The van der Waals surface area contributed by atoms with Gasteiger partial charge in [0.2, 0.25) is 0 Å². The molecule has 29 heavy (non-hydrogen) atoms. The van der Waals surface area contributed by atoms with Gasteiger partial charge in [-0.25, -0.2) is 4.79 Å². The molecule has 0 aliphatic rings. The predicted octanol–water partition coefficient (Wildman–Crippen LogP) is 6.03. The second kappa shape index (κ2) is 7.84. The van der Waals surface area contributed by atoms with Gasteiger partial charge in [0.1, 0.15) is 0 Å². The average Bonchev–Trinajstić information content (AvgIpc) is 3.05. The van der Waals surface area contributed by atoms with Gasteiger partial charge in [-0.2, -0.15) is 0 Å². The van der Waals surface area contributed by atoms with E-state index in [1.807, 2.05) is 12.1 Å². The molecule has 0 saturated carbocycles. The van der Waals surface area contributed by atoms with Gasteiger partial charge in [0.15, 0.2) is 0 Å². The van der Waals surface area contributed by atoms with E-state index in [0.717, 1.165) is 24.3 Å². The molecule has 1 heterocycles. The lowest BCUT2D eigenvalue weighted by molar-refractivity contribution is 0.0697. The molecule has 0 aliphatic heterocycles. The van der Waals surface area contributed by atoms with Crippen molar-refractivity contribution < 1.29 is 9.90 Å². The number of nitrogens with zero attached hydrogens (tertiary/aromatic N) is 1.